The Morgan fingerprint density at radius 2 is 1.94 bits per heavy atom. The first kappa shape index (κ1) is 11.6. The lowest BCUT2D eigenvalue weighted by Gasteiger charge is -2.15. The minimum Gasteiger partial charge on any atom is -0.368 e. The van der Waals surface area contributed by atoms with Gasteiger partial charge in [0.1, 0.15) is 6.04 Å². The van der Waals surface area contributed by atoms with Crippen molar-refractivity contribution in [2.45, 2.75) is 13.0 Å². The minimum atomic E-state index is -0.412. The van der Waals surface area contributed by atoms with Crippen molar-refractivity contribution < 1.29 is 4.79 Å². The van der Waals surface area contributed by atoms with Gasteiger partial charge >= 0.3 is 0 Å². The van der Waals surface area contributed by atoms with Crippen LogP contribution in [0.25, 0.3) is 10.8 Å². The fourth-order valence-electron chi connectivity index (χ4n) is 1.97. The average molecular weight is 228 g/mol. The molecule has 2 rings (SSSR count). The van der Waals surface area contributed by atoms with Gasteiger partial charge in [0.2, 0.25) is 5.91 Å². The summed E-state index contributed by atoms with van der Waals surface area (Å²) in [5.74, 6) is -0.345. The van der Waals surface area contributed by atoms with Crippen LogP contribution in [0.2, 0.25) is 0 Å². The monoisotopic (exact) mass is 228 g/mol. The fourth-order valence-corrected chi connectivity index (χ4v) is 1.97. The molecule has 2 aromatic carbocycles. The van der Waals surface area contributed by atoms with Crippen molar-refractivity contribution in [2.75, 3.05) is 6.54 Å². The maximum atomic E-state index is 11.4. The number of fused-ring (bicyclic) bond motifs is 1. The van der Waals surface area contributed by atoms with Gasteiger partial charge in [0.25, 0.3) is 0 Å². The first-order valence-corrected chi connectivity index (χ1v) is 5.73. The van der Waals surface area contributed by atoms with Gasteiger partial charge in [0.15, 0.2) is 0 Å². The van der Waals surface area contributed by atoms with E-state index in [1.165, 1.54) is 0 Å². The van der Waals surface area contributed by atoms with Crippen molar-refractivity contribution in [3.05, 3.63) is 48.0 Å². The number of amides is 1. The van der Waals surface area contributed by atoms with Crippen LogP contribution >= 0.6 is 0 Å². The molecule has 0 aliphatic heterocycles. The molecule has 1 amide bonds. The number of nitrogens with two attached hydrogens (primary N) is 1. The van der Waals surface area contributed by atoms with E-state index >= 15 is 0 Å². The summed E-state index contributed by atoms with van der Waals surface area (Å²) in [7, 11) is 0. The van der Waals surface area contributed by atoms with E-state index in [2.05, 4.69) is 5.32 Å². The number of likely N-dealkylation sites (N-methyl/N-ethyl adjacent to an activating group) is 1. The number of hydrogen-bond donors (Lipinski definition) is 2. The van der Waals surface area contributed by atoms with E-state index in [1.54, 1.807) is 0 Å². The second kappa shape index (κ2) is 4.97. The molecule has 0 aliphatic carbocycles. The molecule has 0 aromatic heterocycles. The standard InChI is InChI=1S/C14H16N2O/c1-2-16-13(14(15)17)12-8-7-10-5-3-4-6-11(10)9-12/h3-9,13,16H,2H2,1H3,(H2,15,17). The van der Waals surface area contributed by atoms with Crippen LogP contribution in [0.1, 0.15) is 18.5 Å². The molecular formula is C14H16N2O. The average Bonchev–Trinajstić information content (AvgIpc) is 2.35. The third-order valence-corrected chi connectivity index (χ3v) is 2.80. The summed E-state index contributed by atoms with van der Waals surface area (Å²) in [6, 6.07) is 13.6. The van der Waals surface area contributed by atoms with Crippen LogP contribution in [0.15, 0.2) is 42.5 Å². The van der Waals surface area contributed by atoms with Crippen LogP contribution in [0.4, 0.5) is 0 Å². The predicted molar refractivity (Wildman–Crippen MR) is 69.6 cm³/mol. The molecule has 3 nitrogen and oxygen atoms in total. The van der Waals surface area contributed by atoms with E-state index < -0.39 is 6.04 Å². The molecule has 0 fully saturated rings. The number of benzene rings is 2. The van der Waals surface area contributed by atoms with Gasteiger partial charge in [-0.1, -0.05) is 43.3 Å². The Balaban J connectivity index is 2.43. The number of rotatable bonds is 4. The number of carbonyl (C=O) groups is 1. The summed E-state index contributed by atoms with van der Waals surface area (Å²) in [5.41, 5.74) is 6.31. The molecule has 1 unspecified atom stereocenters. The summed E-state index contributed by atoms with van der Waals surface area (Å²) in [5, 5.41) is 5.37. The molecule has 0 saturated carbocycles. The van der Waals surface area contributed by atoms with Crippen molar-refractivity contribution in [1.29, 1.82) is 0 Å². The van der Waals surface area contributed by atoms with Gasteiger partial charge in [-0.05, 0) is 28.9 Å². The van der Waals surface area contributed by atoms with E-state index in [0.29, 0.717) is 6.54 Å². The molecule has 88 valence electrons. The molecule has 0 heterocycles. The molecule has 2 aromatic rings. The number of nitrogens with one attached hydrogen (secondary N) is 1. The molecule has 3 N–H and O–H groups in total. The third kappa shape index (κ3) is 2.45. The minimum absolute atomic E-state index is 0.345. The van der Waals surface area contributed by atoms with Crippen LogP contribution in [-0.2, 0) is 4.79 Å². The van der Waals surface area contributed by atoms with Crippen molar-refractivity contribution in [2.24, 2.45) is 5.73 Å². The maximum Gasteiger partial charge on any atom is 0.239 e. The summed E-state index contributed by atoms with van der Waals surface area (Å²) in [6.07, 6.45) is 0. The molecular weight excluding hydrogens is 212 g/mol. The molecule has 0 aliphatic rings. The Morgan fingerprint density at radius 3 is 2.59 bits per heavy atom. The van der Waals surface area contributed by atoms with Crippen molar-refractivity contribution in [3.8, 4) is 0 Å². The zero-order valence-electron chi connectivity index (χ0n) is 9.81. The largest absolute Gasteiger partial charge is 0.368 e. The van der Waals surface area contributed by atoms with Gasteiger partial charge in [-0.25, -0.2) is 0 Å². The van der Waals surface area contributed by atoms with E-state index in [9.17, 15) is 4.79 Å². The normalized spacial score (nSPS) is 12.5. The molecule has 17 heavy (non-hydrogen) atoms. The van der Waals surface area contributed by atoms with Crippen molar-refractivity contribution >= 4 is 16.7 Å². The fraction of sp³-hybridized carbons (Fsp3) is 0.214. The lowest BCUT2D eigenvalue weighted by molar-refractivity contribution is -0.120. The molecule has 0 saturated heterocycles. The van der Waals surface area contributed by atoms with Crippen molar-refractivity contribution in [3.63, 3.8) is 0 Å². The second-order valence-corrected chi connectivity index (χ2v) is 4.00. The predicted octanol–water partition coefficient (Wildman–Crippen LogP) is 1.98. The Hall–Kier alpha value is -1.87. The molecule has 3 heteroatoms. The molecule has 0 radical (unpaired) electrons. The highest BCUT2D eigenvalue weighted by Crippen LogP contribution is 2.20. The van der Waals surface area contributed by atoms with E-state index in [1.807, 2.05) is 49.4 Å². The molecule has 1 atom stereocenters. The van der Waals surface area contributed by atoms with Gasteiger partial charge < -0.3 is 11.1 Å². The van der Waals surface area contributed by atoms with Crippen LogP contribution in [-0.4, -0.2) is 12.5 Å². The Morgan fingerprint density at radius 1 is 1.24 bits per heavy atom. The molecule has 0 bridgehead atoms. The van der Waals surface area contributed by atoms with Gasteiger partial charge in [-0.2, -0.15) is 0 Å². The van der Waals surface area contributed by atoms with E-state index in [-0.39, 0.29) is 5.91 Å². The Labute approximate surface area is 101 Å². The van der Waals surface area contributed by atoms with Crippen LogP contribution in [0, 0.1) is 0 Å². The first-order chi connectivity index (χ1) is 8.22. The highest BCUT2D eigenvalue weighted by Gasteiger charge is 2.16. The van der Waals surface area contributed by atoms with E-state index in [0.717, 1.165) is 16.3 Å². The highest BCUT2D eigenvalue weighted by atomic mass is 16.1. The summed E-state index contributed by atoms with van der Waals surface area (Å²) < 4.78 is 0. The smallest absolute Gasteiger partial charge is 0.239 e. The van der Waals surface area contributed by atoms with Crippen molar-refractivity contribution in [1.82, 2.24) is 5.32 Å². The zero-order chi connectivity index (χ0) is 12.3. The van der Waals surface area contributed by atoms with E-state index in [4.69, 9.17) is 5.73 Å². The zero-order valence-corrected chi connectivity index (χ0v) is 9.81. The second-order valence-electron chi connectivity index (χ2n) is 4.00. The number of primary amides is 1. The van der Waals surface area contributed by atoms with Crippen LogP contribution in [0.5, 0.6) is 0 Å². The quantitative estimate of drug-likeness (QED) is 0.840. The maximum absolute atomic E-state index is 11.4. The summed E-state index contributed by atoms with van der Waals surface area (Å²) in [6.45, 7) is 2.66. The number of carbonyl (C=O) groups excluding carboxylic acids is 1. The lowest BCUT2D eigenvalue weighted by Crippen LogP contribution is -2.33. The summed E-state index contributed by atoms with van der Waals surface area (Å²) >= 11 is 0. The third-order valence-electron chi connectivity index (χ3n) is 2.80. The Bertz CT molecular complexity index is 536. The van der Waals surface area contributed by atoms with Crippen LogP contribution in [0.3, 0.4) is 0 Å². The lowest BCUT2D eigenvalue weighted by atomic mass is 10.0. The number of hydrogen-bond acceptors (Lipinski definition) is 2. The highest BCUT2D eigenvalue weighted by molar-refractivity contribution is 5.86. The summed E-state index contributed by atoms with van der Waals surface area (Å²) in [4.78, 5) is 11.4. The Kier molecular flexibility index (Phi) is 3.40. The SMILES string of the molecule is CCNC(C(N)=O)c1ccc2ccccc2c1. The van der Waals surface area contributed by atoms with Gasteiger partial charge in [0.05, 0.1) is 0 Å². The molecule has 0 spiro atoms. The van der Waals surface area contributed by atoms with Crippen LogP contribution < -0.4 is 11.1 Å². The van der Waals surface area contributed by atoms with Gasteiger partial charge in [-0.3, -0.25) is 4.79 Å². The van der Waals surface area contributed by atoms with Gasteiger partial charge in [-0.15, -0.1) is 0 Å². The van der Waals surface area contributed by atoms with Gasteiger partial charge in [0, 0.05) is 0 Å². The topological polar surface area (TPSA) is 55.1 Å². The first-order valence-electron chi connectivity index (χ1n) is 5.73.